The van der Waals surface area contributed by atoms with E-state index in [1.807, 2.05) is 17.1 Å². The Morgan fingerprint density at radius 2 is 2.53 bits per heavy atom. The summed E-state index contributed by atoms with van der Waals surface area (Å²) in [6.45, 7) is 4.31. The van der Waals surface area contributed by atoms with Crippen molar-refractivity contribution in [3.63, 3.8) is 0 Å². The molecule has 1 saturated heterocycles. The first-order chi connectivity index (χ1) is 8.15. The number of nitrogens with zero attached hydrogens (tertiary/aromatic N) is 2. The molecular formula is C11H16N2O2S2. The third-order valence-electron chi connectivity index (χ3n) is 2.65. The van der Waals surface area contributed by atoms with Crippen LogP contribution in [0, 0.1) is 0 Å². The molecule has 94 valence electrons. The molecule has 0 spiro atoms. The van der Waals surface area contributed by atoms with Gasteiger partial charge < -0.3 is 10.0 Å². The number of hydrogen-bond acceptors (Lipinski definition) is 5. The standard InChI is InChI=1S/C11H16N2O2S2/c1-8-6-13(4-5-16-8)11-12-9(7-17-11)2-3-10(14)15/h7-8H,2-6H2,1H3,(H,14,15). The molecule has 4 nitrogen and oxygen atoms in total. The number of carbonyl (C=O) groups is 1. The van der Waals surface area contributed by atoms with Crippen molar-refractivity contribution in [2.75, 3.05) is 23.7 Å². The van der Waals surface area contributed by atoms with Crippen LogP contribution in [0.2, 0.25) is 0 Å². The molecule has 0 aliphatic carbocycles. The molecule has 1 aliphatic rings. The number of aromatic nitrogens is 1. The first-order valence-corrected chi connectivity index (χ1v) is 7.60. The Kier molecular flexibility index (Phi) is 4.28. The van der Waals surface area contributed by atoms with Gasteiger partial charge in [-0.1, -0.05) is 6.92 Å². The van der Waals surface area contributed by atoms with Crippen LogP contribution in [-0.4, -0.2) is 40.2 Å². The van der Waals surface area contributed by atoms with E-state index in [0.29, 0.717) is 11.7 Å². The van der Waals surface area contributed by atoms with E-state index in [4.69, 9.17) is 5.11 Å². The van der Waals surface area contributed by atoms with E-state index in [0.717, 1.165) is 29.7 Å². The number of thiazole rings is 1. The minimum absolute atomic E-state index is 0.162. The van der Waals surface area contributed by atoms with E-state index in [9.17, 15) is 4.79 Å². The predicted octanol–water partition coefficient (Wildman–Crippen LogP) is 2.10. The molecule has 1 fully saturated rings. The van der Waals surface area contributed by atoms with Crippen LogP contribution in [0.4, 0.5) is 5.13 Å². The largest absolute Gasteiger partial charge is 0.481 e. The van der Waals surface area contributed by atoms with Gasteiger partial charge in [0.1, 0.15) is 0 Å². The fraction of sp³-hybridized carbons (Fsp3) is 0.636. The van der Waals surface area contributed by atoms with Crippen LogP contribution in [0.25, 0.3) is 0 Å². The summed E-state index contributed by atoms with van der Waals surface area (Å²) in [5.74, 6) is 0.383. The van der Waals surface area contributed by atoms with E-state index in [-0.39, 0.29) is 6.42 Å². The lowest BCUT2D eigenvalue weighted by atomic mass is 10.2. The van der Waals surface area contributed by atoms with Gasteiger partial charge in [0.05, 0.1) is 12.1 Å². The lowest BCUT2D eigenvalue weighted by molar-refractivity contribution is -0.136. The van der Waals surface area contributed by atoms with Crippen LogP contribution in [0.3, 0.4) is 0 Å². The number of hydrogen-bond donors (Lipinski definition) is 1. The smallest absolute Gasteiger partial charge is 0.303 e. The van der Waals surface area contributed by atoms with Crippen molar-refractivity contribution >= 4 is 34.2 Å². The van der Waals surface area contributed by atoms with Crippen LogP contribution in [-0.2, 0) is 11.2 Å². The molecular weight excluding hydrogens is 256 g/mol. The second kappa shape index (κ2) is 5.73. The second-order valence-electron chi connectivity index (χ2n) is 4.14. The maximum Gasteiger partial charge on any atom is 0.303 e. The average Bonchev–Trinajstić information content (AvgIpc) is 2.75. The number of carboxylic acid groups (broad SMARTS) is 1. The van der Waals surface area contributed by atoms with Crippen LogP contribution in [0.1, 0.15) is 19.0 Å². The monoisotopic (exact) mass is 272 g/mol. The molecule has 17 heavy (non-hydrogen) atoms. The number of aryl methyl sites for hydroxylation is 1. The van der Waals surface area contributed by atoms with Crippen LogP contribution in [0.5, 0.6) is 0 Å². The number of anilines is 1. The summed E-state index contributed by atoms with van der Waals surface area (Å²) in [7, 11) is 0. The molecule has 2 heterocycles. The van der Waals surface area contributed by atoms with Gasteiger partial charge >= 0.3 is 5.97 Å². The van der Waals surface area contributed by atoms with Gasteiger partial charge in [0.25, 0.3) is 0 Å². The first-order valence-electron chi connectivity index (χ1n) is 5.68. The molecule has 2 rings (SSSR count). The fourth-order valence-electron chi connectivity index (χ4n) is 1.78. The minimum atomic E-state index is -0.762. The summed E-state index contributed by atoms with van der Waals surface area (Å²) in [5.41, 5.74) is 0.901. The zero-order valence-corrected chi connectivity index (χ0v) is 11.4. The Morgan fingerprint density at radius 1 is 1.71 bits per heavy atom. The first kappa shape index (κ1) is 12.7. The van der Waals surface area contributed by atoms with E-state index < -0.39 is 5.97 Å². The molecule has 1 aliphatic heterocycles. The number of carboxylic acids is 1. The topological polar surface area (TPSA) is 53.4 Å². The SMILES string of the molecule is CC1CN(c2nc(CCC(=O)O)cs2)CCS1. The zero-order valence-electron chi connectivity index (χ0n) is 9.76. The highest BCUT2D eigenvalue weighted by Crippen LogP contribution is 2.26. The quantitative estimate of drug-likeness (QED) is 0.909. The Bertz CT molecular complexity index is 395. The maximum atomic E-state index is 10.5. The molecule has 0 amide bonds. The Labute approximate surface area is 109 Å². The maximum absolute atomic E-state index is 10.5. The van der Waals surface area contributed by atoms with Gasteiger partial charge in [-0.25, -0.2) is 4.98 Å². The van der Waals surface area contributed by atoms with Gasteiger partial charge in [-0.2, -0.15) is 11.8 Å². The van der Waals surface area contributed by atoms with E-state index in [1.54, 1.807) is 11.3 Å². The highest BCUT2D eigenvalue weighted by molar-refractivity contribution is 8.00. The number of rotatable bonds is 4. The summed E-state index contributed by atoms with van der Waals surface area (Å²) >= 11 is 3.62. The van der Waals surface area contributed by atoms with Gasteiger partial charge in [-0.15, -0.1) is 11.3 Å². The summed E-state index contributed by atoms with van der Waals surface area (Å²) < 4.78 is 0. The molecule has 1 unspecified atom stereocenters. The van der Waals surface area contributed by atoms with Gasteiger partial charge in [-0.05, 0) is 0 Å². The molecule has 1 N–H and O–H groups in total. The molecule has 0 radical (unpaired) electrons. The summed E-state index contributed by atoms with van der Waals surface area (Å²) in [6, 6.07) is 0. The van der Waals surface area contributed by atoms with E-state index in [1.165, 1.54) is 0 Å². The van der Waals surface area contributed by atoms with Crippen molar-refractivity contribution in [1.82, 2.24) is 4.98 Å². The van der Waals surface area contributed by atoms with E-state index >= 15 is 0 Å². The number of thioether (sulfide) groups is 1. The Balaban J connectivity index is 1.95. The van der Waals surface area contributed by atoms with Crippen LogP contribution < -0.4 is 4.90 Å². The van der Waals surface area contributed by atoms with Gasteiger partial charge in [0, 0.05) is 35.9 Å². The predicted molar refractivity (Wildman–Crippen MR) is 72.2 cm³/mol. The summed E-state index contributed by atoms with van der Waals surface area (Å²) in [4.78, 5) is 17.3. The van der Waals surface area contributed by atoms with Crippen molar-refractivity contribution in [2.24, 2.45) is 0 Å². The highest BCUT2D eigenvalue weighted by Gasteiger charge is 2.19. The fourth-order valence-corrected chi connectivity index (χ4v) is 3.69. The lowest BCUT2D eigenvalue weighted by Crippen LogP contribution is -2.36. The molecule has 0 aromatic carbocycles. The van der Waals surface area contributed by atoms with Crippen LogP contribution >= 0.6 is 23.1 Å². The average molecular weight is 272 g/mol. The van der Waals surface area contributed by atoms with Crippen molar-refractivity contribution < 1.29 is 9.90 Å². The van der Waals surface area contributed by atoms with Gasteiger partial charge in [0.2, 0.25) is 0 Å². The van der Waals surface area contributed by atoms with Gasteiger partial charge in [-0.3, -0.25) is 4.79 Å². The van der Waals surface area contributed by atoms with Crippen molar-refractivity contribution in [3.8, 4) is 0 Å². The highest BCUT2D eigenvalue weighted by atomic mass is 32.2. The van der Waals surface area contributed by atoms with Crippen molar-refractivity contribution in [1.29, 1.82) is 0 Å². The van der Waals surface area contributed by atoms with Gasteiger partial charge in [0.15, 0.2) is 5.13 Å². The van der Waals surface area contributed by atoms with Crippen molar-refractivity contribution in [3.05, 3.63) is 11.1 Å². The molecule has 1 atom stereocenters. The zero-order chi connectivity index (χ0) is 12.3. The molecule has 0 bridgehead atoms. The summed E-state index contributed by atoms with van der Waals surface area (Å²) in [5, 5.41) is 12.3. The van der Waals surface area contributed by atoms with Crippen LogP contribution in [0.15, 0.2) is 5.38 Å². The molecule has 6 heteroatoms. The molecule has 0 saturated carbocycles. The normalized spacial score (nSPS) is 20.5. The molecule has 1 aromatic heterocycles. The van der Waals surface area contributed by atoms with Crippen molar-refractivity contribution in [2.45, 2.75) is 25.0 Å². The Morgan fingerprint density at radius 3 is 3.24 bits per heavy atom. The number of aliphatic carboxylic acids is 1. The van der Waals surface area contributed by atoms with E-state index in [2.05, 4.69) is 16.8 Å². The molecule has 1 aromatic rings. The summed E-state index contributed by atoms with van der Waals surface area (Å²) in [6.07, 6.45) is 0.694. The third-order valence-corrected chi connectivity index (χ3v) is 4.73. The Hall–Kier alpha value is -0.750. The lowest BCUT2D eigenvalue weighted by Gasteiger charge is -2.30. The minimum Gasteiger partial charge on any atom is -0.481 e. The third kappa shape index (κ3) is 3.61. The second-order valence-corrected chi connectivity index (χ2v) is 6.53.